The molecule has 15 heavy (non-hydrogen) atoms. The van der Waals surface area contributed by atoms with Crippen LogP contribution in [0.1, 0.15) is 25.3 Å². The maximum atomic E-state index is 9.59. The number of aryl methyl sites for hydroxylation is 1. The predicted octanol–water partition coefficient (Wildman–Crippen LogP) is 2.51. The fourth-order valence-corrected chi connectivity index (χ4v) is 1.92. The summed E-state index contributed by atoms with van der Waals surface area (Å²) in [6.45, 7) is 1.87. The van der Waals surface area contributed by atoms with Gasteiger partial charge in [0.15, 0.2) is 0 Å². The average Bonchev–Trinajstić information content (AvgIpc) is 2.25. The van der Waals surface area contributed by atoms with Gasteiger partial charge in [-0.25, -0.2) is 0 Å². The van der Waals surface area contributed by atoms with Crippen LogP contribution in [0, 0.1) is 0 Å². The quantitative estimate of drug-likeness (QED) is 0.865. The van der Waals surface area contributed by atoms with Crippen LogP contribution in [0.2, 0.25) is 0 Å². The number of halogens is 1. The second-order valence-corrected chi connectivity index (χ2v) is 4.63. The number of benzene rings is 1. The molecule has 0 spiro atoms. The van der Waals surface area contributed by atoms with Crippen LogP contribution in [-0.4, -0.2) is 22.4 Å². The minimum Gasteiger partial charge on any atom is -0.390 e. The van der Waals surface area contributed by atoms with E-state index in [1.54, 1.807) is 0 Å². The zero-order valence-corrected chi connectivity index (χ0v) is 10.4. The molecular formula is C12H17BrO2. The molecule has 0 radical (unpaired) electrons. The van der Waals surface area contributed by atoms with E-state index in [0.29, 0.717) is 12.8 Å². The number of hydrogen-bond acceptors (Lipinski definition) is 2. The monoisotopic (exact) mass is 272 g/mol. The third kappa shape index (κ3) is 4.33. The van der Waals surface area contributed by atoms with Crippen molar-refractivity contribution < 1.29 is 10.2 Å². The Morgan fingerprint density at radius 2 is 2.00 bits per heavy atom. The van der Waals surface area contributed by atoms with Gasteiger partial charge in [-0.1, -0.05) is 35.0 Å². The average molecular weight is 273 g/mol. The molecule has 1 rings (SSSR count). The highest BCUT2D eigenvalue weighted by Crippen LogP contribution is 2.14. The molecule has 0 fully saturated rings. The minimum atomic E-state index is -0.617. The molecule has 0 aliphatic rings. The van der Waals surface area contributed by atoms with Crippen LogP contribution in [0.5, 0.6) is 0 Å². The van der Waals surface area contributed by atoms with Crippen molar-refractivity contribution in [3.05, 3.63) is 34.3 Å². The van der Waals surface area contributed by atoms with Crippen LogP contribution < -0.4 is 0 Å². The molecular weight excluding hydrogens is 256 g/mol. The van der Waals surface area contributed by atoms with Gasteiger partial charge in [0.05, 0.1) is 12.2 Å². The first-order valence-electron chi connectivity index (χ1n) is 5.24. The molecule has 0 saturated carbocycles. The van der Waals surface area contributed by atoms with Crippen LogP contribution in [0.15, 0.2) is 28.7 Å². The van der Waals surface area contributed by atoms with Crippen LogP contribution >= 0.6 is 15.9 Å². The number of aliphatic hydroxyl groups excluding tert-OH is 2. The van der Waals surface area contributed by atoms with Crippen molar-refractivity contribution in [3.8, 4) is 0 Å². The summed E-state index contributed by atoms with van der Waals surface area (Å²) >= 11 is 3.40. The zero-order chi connectivity index (χ0) is 11.3. The standard InChI is InChI=1S/C12H17BrO2/c1-2-11(14)12(15)7-6-9-4-3-5-10(13)8-9/h3-5,8,11-12,14-15H,2,6-7H2,1H3. The van der Waals surface area contributed by atoms with E-state index in [9.17, 15) is 10.2 Å². The zero-order valence-electron chi connectivity index (χ0n) is 8.86. The highest BCUT2D eigenvalue weighted by molar-refractivity contribution is 9.10. The summed E-state index contributed by atoms with van der Waals surface area (Å²) in [5.74, 6) is 0. The lowest BCUT2D eigenvalue weighted by molar-refractivity contribution is 0.0130. The van der Waals surface area contributed by atoms with Gasteiger partial charge in [0.2, 0.25) is 0 Å². The molecule has 2 unspecified atom stereocenters. The molecule has 0 aromatic heterocycles. The normalized spacial score (nSPS) is 14.9. The Hall–Kier alpha value is -0.380. The van der Waals surface area contributed by atoms with Crippen molar-refractivity contribution in [1.82, 2.24) is 0 Å². The molecule has 3 heteroatoms. The van der Waals surface area contributed by atoms with Crippen molar-refractivity contribution in [2.45, 2.75) is 38.4 Å². The summed E-state index contributed by atoms with van der Waals surface area (Å²) in [5.41, 5.74) is 1.17. The highest BCUT2D eigenvalue weighted by Gasteiger charge is 2.13. The van der Waals surface area contributed by atoms with E-state index in [4.69, 9.17) is 0 Å². The fraction of sp³-hybridized carbons (Fsp3) is 0.500. The Labute approximate surface area is 99.1 Å². The Bertz CT molecular complexity index is 301. The van der Waals surface area contributed by atoms with Gasteiger partial charge < -0.3 is 10.2 Å². The van der Waals surface area contributed by atoms with E-state index in [1.807, 2.05) is 31.2 Å². The molecule has 0 saturated heterocycles. The van der Waals surface area contributed by atoms with Crippen LogP contribution in [0.3, 0.4) is 0 Å². The summed E-state index contributed by atoms with van der Waals surface area (Å²) in [6.07, 6.45) is 0.772. The van der Waals surface area contributed by atoms with Crippen molar-refractivity contribution in [2.75, 3.05) is 0 Å². The molecule has 1 aromatic carbocycles. The lowest BCUT2D eigenvalue weighted by Gasteiger charge is -2.15. The van der Waals surface area contributed by atoms with E-state index in [2.05, 4.69) is 15.9 Å². The summed E-state index contributed by atoms with van der Waals surface area (Å²) in [6, 6.07) is 8.00. The van der Waals surface area contributed by atoms with E-state index >= 15 is 0 Å². The smallest absolute Gasteiger partial charge is 0.0802 e. The van der Waals surface area contributed by atoms with Crippen LogP contribution in [0.25, 0.3) is 0 Å². The van der Waals surface area contributed by atoms with Crippen molar-refractivity contribution in [2.24, 2.45) is 0 Å². The molecule has 2 atom stereocenters. The molecule has 2 nitrogen and oxygen atoms in total. The third-order valence-corrected chi connectivity index (χ3v) is 2.97. The molecule has 0 aliphatic carbocycles. The SMILES string of the molecule is CCC(O)C(O)CCc1cccc(Br)c1. The van der Waals surface area contributed by atoms with Crippen molar-refractivity contribution in [1.29, 1.82) is 0 Å². The van der Waals surface area contributed by atoms with Crippen molar-refractivity contribution >= 4 is 15.9 Å². The second kappa shape index (κ2) is 6.26. The summed E-state index contributed by atoms with van der Waals surface area (Å²) in [5, 5.41) is 19.0. The van der Waals surface area contributed by atoms with Crippen LogP contribution in [-0.2, 0) is 6.42 Å². The molecule has 1 aromatic rings. The van der Waals surface area contributed by atoms with Gasteiger partial charge in [-0.15, -0.1) is 0 Å². The van der Waals surface area contributed by atoms with Gasteiger partial charge in [-0.2, -0.15) is 0 Å². The molecule has 84 valence electrons. The van der Waals surface area contributed by atoms with Gasteiger partial charge in [0, 0.05) is 4.47 Å². The predicted molar refractivity (Wildman–Crippen MR) is 64.8 cm³/mol. The fourth-order valence-electron chi connectivity index (χ4n) is 1.47. The molecule has 2 N–H and O–H groups in total. The first-order valence-corrected chi connectivity index (χ1v) is 6.03. The number of rotatable bonds is 5. The van der Waals surface area contributed by atoms with E-state index in [-0.39, 0.29) is 0 Å². The van der Waals surface area contributed by atoms with E-state index in [0.717, 1.165) is 10.9 Å². The summed E-state index contributed by atoms with van der Waals surface area (Å²) < 4.78 is 1.05. The van der Waals surface area contributed by atoms with Gasteiger partial charge in [0.1, 0.15) is 0 Å². The summed E-state index contributed by atoms with van der Waals surface area (Å²) in [7, 11) is 0. The molecule has 0 aliphatic heterocycles. The van der Waals surface area contributed by atoms with Crippen LogP contribution in [0.4, 0.5) is 0 Å². The van der Waals surface area contributed by atoms with E-state index < -0.39 is 12.2 Å². The summed E-state index contributed by atoms with van der Waals surface area (Å²) in [4.78, 5) is 0. The minimum absolute atomic E-state index is 0.597. The third-order valence-electron chi connectivity index (χ3n) is 2.48. The molecule has 0 bridgehead atoms. The second-order valence-electron chi connectivity index (χ2n) is 3.71. The first-order chi connectivity index (χ1) is 7.13. The Balaban J connectivity index is 2.43. The maximum absolute atomic E-state index is 9.59. The van der Waals surface area contributed by atoms with E-state index in [1.165, 1.54) is 5.56 Å². The Morgan fingerprint density at radius 1 is 1.27 bits per heavy atom. The lowest BCUT2D eigenvalue weighted by Crippen LogP contribution is -2.25. The molecule has 0 amide bonds. The highest BCUT2D eigenvalue weighted by atomic mass is 79.9. The number of aliphatic hydroxyl groups is 2. The van der Waals surface area contributed by atoms with Gasteiger partial charge in [0.25, 0.3) is 0 Å². The molecule has 0 heterocycles. The Kier molecular flexibility index (Phi) is 5.29. The number of hydrogen-bond donors (Lipinski definition) is 2. The van der Waals surface area contributed by atoms with Crippen molar-refractivity contribution in [3.63, 3.8) is 0 Å². The largest absolute Gasteiger partial charge is 0.390 e. The Morgan fingerprint density at radius 3 is 2.60 bits per heavy atom. The van der Waals surface area contributed by atoms with Gasteiger partial charge in [-0.3, -0.25) is 0 Å². The lowest BCUT2D eigenvalue weighted by atomic mass is 10.0. The van der Waals surface area contributed by atoms with Gasteiger partial charge in [-0.05, 0) is 37.0 Å². The van der Waals surface area contributed by atoms with Gasteiger partial charge >= 0.3 is 0 Å². The topological polar surface area (TPSA) is 40.5 Å². The maximum Gasteiger partial charge on any atom is 0.0802 e. The first kappa shape index (κ1) is 12.7.